The Morgan fingerprint density at radius 2 is 1.62 bits per heavy atom. The van der Waals surface area contributed by atoms with E-state index in [2.05, 4.69) is 25.6 Å². The molecule has 2 aromatic heterocycles. The molecule has 4 atom stereocenters. The van der Waals surface area contributed by atoms with E-state index >= 15 is 0 Å². The minimum absolute atomic E-state index is 0.00793. The Hall–Kier alpha value is -4.92. The standard InChI is InChI=1S/C34H37N6O9P/c1-20(2)30(41)36-33-35-29-28(31(42)37-33)38-39-40(29)32-27(49-50(43)44)18-26(48-32)19-47-34(21-8-6-5-7-9-21,22-10-14-24(45-3)15-11-22)23-12-16-25(46-4)17-13-23/h5-17,20,26-27,32,50H,18-19H2,1-4H3,(H,43,44)(H2,35,36,37,41,42)/t26-,27-,32+/m0/s1. The molecule has 0 spiro atoms. The second-order valence-corrected chi connectivity index (χ2v) is 12.7. The molecule has 3 heterocycles. The molecule has 5 aromatic rings. The second-order valence-electron chi connectivity index (χ2n) is 11.9. The number of fused-ring (bicyclic) bond motifs is 1. The Kier molecular flexibility index (Phi) is 10.4. The van der Waals surface area contributed by atoms with Gasteiger partial charge in [-0.05, 0) is 41.0 Å². The zero-order valence-corrected chi connectivity index (χ0v) is 28.7. The molecule has 262 valence electrons. The van der Waals surface area contributed by atoms with Crippen molar-refractivity contribution in [3.8, 4) is 11.5 Å². The zero-order chi connectivity index (χ0) is 35.4. The number of hydrogen-bond donors (Lipinski definition) is 3. The molecule has 1 fully saturated rings. The van der Waals surface area contributed by atoms with Gasteiger partial charge in [-0.3, -0.25) is 24.5 Å². The van der Waals surface area contributed by atoms with Gasteiger partial charge in [-0.25, -0.2) is 0 Å². The Morgan fingerprint density at radius 3 is 2.18 bits per heavy atom. The third kappa shape index (κ3) is 7.04. The van der Waals surface area contributed by atoms with Crippen molar-refractivity contribution in [1.29, 1.82) is 0 Å². The Morgan fingerprint density at radius 1 is 1.02 bits per heavy atom. The first kappa shape index (κ1) is 34.9. The Labute approximate surface area is 287 Å². The number of amides is 1. The van der Waals surface area contributed by atoms with Crippen molar-refractivity contribution in [2.24, 2.45) is 5.92 Å². The van der Waals surface area contributed by atoms with E-state index in [1.54, 1.807) is 28.1 Å². The van der Waals surface area contributed by atoms with Gasteiger partial charge < -0.3 is 28.4 Å². The topological polar surface area (TPSA) is 189 Å². The van der Waals surface area contributed by atoms with Crippen LogP contribution in [0.3, 0.4) is 0 Å². The highest BCUT2D eigenvalue weighted by atomic mass is 31.1. The minimum atomic E-state index is -3.44. The average molecular weight is 705 g/mol. The molecule has 50 heavy (non-hydrogen) atoms. The van der Waals surface area contributed by atoms with Gasteiger partial charge >= 0.3 is 8.25 Å². The number of carbonyl (C=O) groups is 1. The highest BCUT2D eigenvalue weighted by Crippen LogP contribution is 2.43. The summed E-state index contributed by atoms with van der Waals surface area (Å²) >= 11 is 0. The molecule has 0 saturated carbocycles. The molecular weight excluding hydrogens is 667 g/mol. The van der Waals surface area contributed by atoms with Crippen molar-refractivity contribution >= 4 is 31.3 Å². The quantitative estimate of drug-likeness (QED) is 0.117. The highest BCUT2D eigenvalue weighted by Gasteiger charge is 2.44. The van der Waals surface area contributed by atoms with E-state index in [0.717, 1.165) is 16.7 Å². The fraction of sp³-hybridized carbons (Fsp3) is 0.324. The largest absolute Gasteiger partial charge is 0.497 e. The van der Waals surface area contributed by atoms with Crippen LogP contribution in [0, 0.1) is 5.92 Å². The van der Waals surface area contributed by atoms with E-state index < -0.39 is 37.9 Å². The lowest BCUT2D eigenvalue weighted by Crippen LogP contribution is -2.35. The summed E-state index contributed by atoms with van der Waals surface area (Å²) in [6.07, 6.45) is -2.68. The zero-order valence-electron chi connectivity index (χ0n) is 27.7. The van der Waals surface area contributed by atoms with Crippen LogP contribution in [0.2, 0.25) is 0 Å². The molecule has 1 unspecified atom stereocenters. The number of aromatic nitrogens is 5. The number of aromatic amines is 1. The number of benzene rings is 3. The molecule has 0 aliphatic carbocycles. The van der Waals surface area contributed by atoms with Crippen LogP contribution in [0.5, 0.6) is 11.5 Å². The summed E-state index contributed by atoms with van der Waals surface area (Å²) in [6.45, 7) is 3.38. The Bertz CT molecular complexity index is 1970. The highest BCUT2D eigenvalue weighted by molar-refractivity contribution is 7.32. The summed E-state index contributed by atoms with van der Waals surface area (Å²) < 4.78 is 42.9. The lowest BCUT2D eigenvalue weighted by Gasteiger charge is -2.37. The third-order valence-electron chi connectivity index (χ3n) is 8.40. The summed E-state index contributed by atoms with van der Waals surface area (Å²) in [5, 5.41) is 10.6. The van der Waals surface area contributed by atoms with Crippen LogP contribution >= 0.6 is 8.25 Å². The summed E-state index contributed by atoms with van der Waals surface area (Å²) in [7, 11) is -0.249. The van der Waals surface area contributed by atoms with Gasteiger partial charge in [-0.15, -0.1) is 5.10 Å². The van der Waals surface area contributed by atoms with E-state index in [1.165, 1.54) is 4.68 Å². The maximum Gasteiger partial charge on any atom is 0.317 e. The van der Waals surface area contributed by atoms with Gasteiger partial charge in [0.15, 0.2) is 17.4 Å². The maximum absolute atomic E-state index is 12.8. The molecule has 1 saturated heterocycles. The Balaban J connectivity index is 1.38. The lowest BCUT2D eigenvalue weighted by atomic mass is 9.80. The molecule has 3 N–H and O–H groups in total. The van der Waals surface area contributed by atoms with Crippen molar-refractivity contribution in [3.63, 3.8) is 0 Å². The average Bonchev–Trinajstić information content (AvgIpc) is 3.73. The molecular formula is C34H37N6O9P. The first-order valence-corrected chi connectivity index (χ1v) is 17.1. The number of carbonyl (C=O) groups excluding carboxylic acids is 1. The number of H-pyrrole nitrogens is 1. The minimum Gasteiger partial charge on any atom is -0.497 e. The van der Waals surface area contributed by atoms with Gasteiger partial charge in [0.1, 0.15) is 23.2 Å². The summed E-state index contributed by atoms with van der Waals surface area (Å²) in [5.74, 6) is 0.493. The van der Waals surface area contributed by atoms with Crippen LogP contribution < -0.4 is 20.3 Å². The fourth-order valence-electron chi connectivity index (χ4n) is 5.90. The number of ether oxygens (including phenoxy) is 4. The van der Waals surface area contributed by atoms with Crippen LogP contribution in [0.25, 0.3) is 11.2 Å². The SMILES string of the molecule is COc1ccc(C(OC[C@@H]2C[C@H](O[PH](=O)O)[C@H](n3nnc4c(=O)[nH]c(NC(=O)C(C)C)nc43)O2)(c2ccccc2)c2ccc(OC)cc2)cc1. The van der Waals surface area contributed by atoms with E-state index in [9.17, 15) is 19.0 Å². The van der Waals surface area contributed by atoms with Gasteiger partial charge in [0.05, 0.1) is 26.9 Å². The molecule has 6 rings (SSSR count). The van der Waals surface area contributed by atoms with Crippen molar-refractivity contribution < 1.29 is 37.7 Å². The second kappa shape index (κ2) is 14.9. The van der Waals surface area contributed by atoms with Crippen LogP contribution in [0.1, 0.15) is 43.2 Å². The molecule has 1 amide bonds. The van der Waals surface area contributed by atoms with Crippen molar-refractivity contribution in [3.05, 3.63) is 106 Å². The molecule has 0 radical (unpaired) electrons. The van der Waals surface area contributed by atoms with E-state index in [1.807, 2.05) is 78.9 Å². The summed E-state index contributed by atoms with van der Waals surface area (Å²) in [4.78, 5) is 41.8. The van der Waals surface area contributed by atoms with Crippen LogP contribution in [-0.4, -0.2) is 68.8 Å². The predicted molar refractivity (Wildman–Crippen MR) is 182 cm³/mol. The van der Waals surface area contributed by atoms with E-state index in [0.29, 0.717) is 11.5 Å². The molecule has 1 aliphatic heterocycles. The van der Waals surface area contributed by atoms with E-state index in [4.69, 9.17) is 23.5 Å². The van der Waals surface area contributed by atoms with Gasteiger partial charge in [-0.1, -0.05) is 73.7 Å². The van der Waals surface area contributed by atoms with Gasteiger partial charge in [0.25, 0.3) is 5.56 Å². The van der Waals surface area contributed by atoms with Gasteiger partial charge in [0, 0.05) is 12.3 Å². The molecule has 3 aromatic carbocycles. The van der Waals surface area contributed by atoms with Gasteiger partial charge in [-0.2, -0.15) is 9.67 Å². The maximum atomic E-state index is 12.8. The van der Waals surface area contributed by atoms with Crippen molar-refractivity contribution in [2.45, 2.75) is 44.3 Å². The van der Waals surface area contributed by atoms with Crippen LogP contribution in [0.4, 0.5) is 5.95 Å². The fourth-order valence-corrected chi connectivity index (χ4v) is 6.37. The third-order valence-corrected chi connectivity index (χ3v) is 8.90. The number of rotatable bonds is 13. The lowest BCUT2D eigenvalue weighted by molar-refractivity contribution is -0.118. The first-order valence-electron chi connectivity index (χ1n) is 15.8. The summed E-state index contributed by atoms with van der Waals surface area (Å²) in [6, 6.07) is 24.8. The van der Waals surface area contributed by atoms with Crippen LogP contribution in [0.15, 0.2) is 83.7 Å². The van der Waals surface area contributed by atoms with Gasteiger partial charge in [0.2, 0.25) is 11.9 Å². The number of nitrogens with one attached hydrogen (secondary N) is 2. The molecule has 0 bridgehead atoms. The van der Waals surface area contributed by atoms with Crippen LogP contribution in [-0.2, 0) is 29.0 Å². The molecule has 1 aliphatic rings. The number of hydrogen-bond acceptors (Lipinski definition) is 11. The first-order chi connectivity index (χ1) is 24.1. The van der Waals surface area contributed by atoms with Crippen molar-refractivity contribution in [1.82, 2.24) is 25.0 Å². The normalized spacial score (nSPS) is 18.3. The monoisotopic (exact) mass is 704 g/mol. The molecule has 16 heteroatoms. The number of methoxy groups -OCH3 is 2. The summed E-state index contributed by atoms with van der Waals surface area (Å²) in [5.41, 5.74) is 0.519. The predicted octanol–water partition coefficient (Wildman–Crippen LogP) is 4.19. The smallest absolute Gasteiger partial charge is 0.317 e. The molecule has 15 nitrogen and oxygen atoms in total. The number of nitrogens with zero attached hydrogens (tertiary/aromatic N) is 4. The van der Waals surface area contributed by atoms with Crippen molar-refractivity contribution in [2.75, 3.05) is 26.1 Å². The number of anilines is 1. The van der Waals surface area contributed by atoms with E-state index in [-0.39, 0.29) is 42.0 Å².